The summed E-state index contributed by atoms with van der Waals surface area (Å²) >= 11 is 5.11. The number of methoxy groups -OCH3 is 1. The van der Waals surface area contributed by atoms with E-state index in [1.54, 1.807) is 13.2 Å². The Morgan fingerprint density at radius 2 is 1.81 bits per heavy atom. The van der Waals surface area contributed by atoms with Crippen molar-refractivity contribution in [3.05, 3.63) is 34.7 Å². The SMILES string of the molecule is CCC(=O)SCCSCCSCCOc1cc(=O)oc2cc(OC)ccc12. The summed E-state index contributed by atoms with van der Waals surface area (Å²) in [5, 5.41) is 1.03. The zero-order valence-electron chi connectivity index (χ0n) is 15.5. The van der Waals surface area contributed by atoms with Gasteiger partial charge in [0.05, 0.1) is 25.2 Å². The molecule has 0 fully saturated rings. The van der Waals surface area contributed by atoms with Gasteiger partial charge in [-0.15, -0.1) is 0 Å². The molecule has 0 saturated carbocycles. The first-order valence-electron chi connectivity index (χ1n) is 8.70. The van der Waals surface area contributed by atoms with E-state index in [0.717, 1.165) is 34.2 Å². The van der Waals surface area contributed by atoms with E-state index in [0.29, 0.717) is 30.1 Å². The van der Waals surface area contributed by atoms with Crippen molar-refractivity contribution in [1.29, 1.82) is 0 Å². The standard InChI is InChI=1S/C19H24O5S3/c1-3-19(21)27-11-10-26-9-8-25-7-6-23-16-13-18(20)24-17-12-14(22-2)4-5-15(16)17/h4-5,12-13H,3,6-11H2,1-2H3. The highest BCUT2D eigenvalue weighted by Gasteiger charge is 2.08. The number of thioether (sulfide) groups is 3. The van der Waals surface area contributed by atoms with Gasteiger partial charge in [0.25, 0.3) is 0 Å². The molecule has 0 aliphatic rings. The first-order chi connectivity index (χ1) is 13.1. The summed E-state index contributed by atoms with van der Waals surface area (Å²) in [5.41, 5.74) is 0.0227. The van der Waals surface area contributed by atoms with Crippen molar-refractivity contribution >= 4 is 51.4 Å². The van der Waals surface area contributed by atoms with Crippen molar-refractivity contribution < 1.29 is 18.7 Å². The average Bonchev–Trinajstić information content (AvgIpc) is 2.68. The fourth-order valence-corrected chi connectivity index (χ4v) is 5.00. The first-order valence-corrected chi connectivity index (χ1v) is 12.0. The third-order valence-corrected chi connectivity index (χ3v) is 7.02. The van der Waals surface area contributed by atoms with Gasteiger partial charge >= 0.3 is 5.63 Å². The van der Waals surface area contributed by atoms with E-state index in [-0.39, 0.29) is 5.12 Å². The normalized spacial score (nSPS) is 10.9. The maximum absolute atomic E-state index is 11.7. The van der Waals surface area contributed by atoms with Crippen LogP contribution in [0.25, 0.3) is 11.0 Å². The molecule has 0 aliphatic carbocycles. The summed E-state index contributed by atoms with van der Waals surface area (Å²) in [6.07, 6.45) is 0.608. The average molecular weight is 429 g/mol. The maximum Gasteiger partial charge on any atom is 0.339 e. The second-order valence-corrected chi connectivity index (χ2v) is 9.04. The summed E-state index contributed by atoms with van der Waals surface area (Å²) in [4.78, 5) is 22.9. The van der Waals surface area contributed by atoms with E-state index >= 15 is 0 Å². The molecule has 0 N–H and O–H groups in total. The van der Waals surface area contributed by atoms with Crippen LogP contribution in [0.15, 0.2) is 33.5 Å². The molecular weight excluding hydrogens is 404 g/mol. The first kappa shape index (κ1) is 22.0. The van der Waals surface area contributed by atoms with Crippen LogP contribution in [0.1, 0.15) is 13.3 Å². The lowest BCUT2D eigenvalue weighted by molar-refractivity contribution is -0.110. The van der Waals surface area contributed by atoms with E-state index in [1.807, 2.05) is 42.6 Å². The van der Waals surface area contributed by atoms with Crippen molar-refractivity contribution in [2.24, 2.45) is 0 Å². The molecule has 0 amide bonds. The Hall–Kier alpha value is -1.25. The van der Waals surface area contributed by atoms with Crippen molar-refractivity contribution in [1.82, 2.24) is 0 Å². The molecule has 1 aromatic carbocycles. The smallest absolute Gasteiger partial charge is 0.339 e. The third kappa shape index (κ3) is 7.71. The van der Waals surface area contributed by atoms with Crippen LogP contribution in [-0.2, 0) is 4.79 Å². The molecule has 0 spiro atoms. The van der Waals surface area contributed by atoms with Gasteiger partial charge in [0, 0.05) is 41.3 Å². The second kappa shape index (κ2) is 12.3. The van der Waals surface area contributed by atoms with Crippen LogP contribution in [0.3, 0.4) is 0 Å². The molecule has 0 radical (unpaired) electrons. The number of ether oxygens (including phenoxy) is 2. The number of carbonyl (C=O) groups excluding carboxylic acids is 1. The molecule has 5 nitrogen and oxygen atoms in total. The van der Waals surface area contributed by atoms with Crippen LogP contribution in [0.5, 0.6) is 11.5 Å². The number of rotatable bonds is 12. The van der Waals surface area contributed by atoms with E-state index in [2.05, 4.69) is 0 Å². The highest BCUT2D eigenvalue weighted by Crippen LogP contribution is 2.27. The lowest BCUT2D eigenvalue weighted by Crippen LogP contribution is -2.05. The Morgan fingerprint density at radius 3 is 2.56 bits per heavy atom. The molecular formula is C19H24O5S3. The molecule has 27 heavy (non-hydrogen) atoms. The molecule has 0 aliphatic heterocycles. The number of hydrogen-bond donors (Lipinski definition) is 0. The number of hydrogen-bond acceptors (Lipinski definition) is 8. The molecule has 0 atom stereocenters. The van der Waals surface area contributed by atoms with Gasteiger partial charge in [0.1, 0.15) is 17.1 Å². The Labute approximate surface area is 171 Å². The molecule has 8 heteroatoms. The Kier molecular flexibility index (Phi) is 10.0. The van der Waals surface area contributed by atoms with Gasteiger partial charge in [-0.1, -0.05) is 18.7 Å². The van der Waals surface area contributed by atoms with Crippen LogP contribution in [-0.4, -0.2) is 47.6 Å². The van der Waals surface area contributed by atoms with E-state index in [1.165, 1.54) is 17.8 Å². The minimum atomic E-state index is -0.436. The van der Waals surface area contributed by atoms with Gasteiger partial charge in [0.15, 0.2) is 5.12 Å². The molecule has 1 aromatic heterocycles. The molecule has 0 saturated heterocycles. The zero-order valence-corrected chi connectivity index (χ0v) is 18.0. The molecule has 2 rings (SSSR count). The Balaban J connectivity index is 1.67. The highest BCUT2D eigenvalue weighted by molar-refractivity contribution is 8.14. The lowest BCUT2D eigenvalue weighted by Gasteiger charge is -2.09. The Bertz CT molecular complexity index is 790. The van der Waals surface area contributed by atoms with Crippen LogP contribution in [0.4, 0.5) is 0 Å². The van der Waals surface area contributed by atoms with Crippen molar-refractivity contribution in [3.8, 4) is 11.5 Å². The van der Waals surface area contributed by atoms with Crippen molar-refractivity contribution in [2.75, 3.05) is 42.5 Å². The van der Waals surface area contributed by atoms with Gasteiger partial charge < -0.3 is 13.9 Å². The highest BCUT2D eigenvalue weighted by atomic mass is 32.2. The topological polar surface area (TPSA) is 65.7 Å². The van der Waals surface area contributed by atoms with Gasteiger partial charge in [-0.2, -0.15) is 23.5 Å². The van der Waals surface area contributed by atoms with Gasteiger partial charge in [0.2, 0.25) is 0 Å². The quantitative estimate of drug-likeness (QED) is 0.366. The summed E-state index contributed by atoms with van der Waals surface area (Å²) in [7, 11) is 1.57. The minimum Gasteiger partial charge on any atom is -0.497 e. The molecule has 2 aromatic rings. The van der Waals surface area contributed by atoms with Crippen LogP contribution in [0, 0.1) is 0 Å². The van der Waals surface area contributed by atoms with E-state index < -0.39 is 5.63 Å². The molecule has 1 heterocycles. The van der Waals surface area contributed by atoms with E-state index in [4.69, 9.17) is 13.9 Å². The number of benzene rings is 1. The van der Waals surface area contributed by atoms with Crippen LogP contribution >= 0.6 is 35.3 Å². The van der Waals surface area contributed by atoms with Crippen molar-refractivity contribution in [2.45, 2.75) is 13.3 Å². The number of fused-ring (bicyclic) bond motifs is 1. The fourth-order valence-electron chi connectivity index (χ4n) is 2.21. The monoisotopic (exact) mass is 428 g/mol. The molecule has 148 valence electrons. The summed E-state index contributed by atoms with van der Waals surface area (Å²) in [6, 6.07) is 6.71. The summed E-state index contributed by atoms with van der Waals surface area (Å²) in [6.45, 7) is 2.42. The maximum atomic E-state index is 11.7. The summed E-state index contributed by atoms with van der Waals surface area (Å²) in [5.74, 6) is 6.01. The van der Waals surface area contributed by atoms with Crippen LogP contribution in [0.2, 0.25) is 0 Å². The van der Waals surface area contributed by atoms with Gasteiger partial charge in [-0.25, -0.2) is 4.79 Å². The largest absolute Gasteiger partial charge is 0.497 e. The predicted octanol–water partition coefficient (Wildman–Crippen LogP) is 4.32. The Morgan fingerprint density at radius 1 is 1.07 bits per heavy atom. The lowest BCUT2D eigenvalue weighted by atomic mass is 10.2. The molecule has 0 unspecified atom stereocenters. The summed E-state index contributed by atoms with van der Waals surface area (Å²) < 4.78 is 16.2. The van der Waals surface area contributed by atoms with Gasteiger partial charge in [-0.05, 0) is 12.1 Å². The number of carbonyl (C=O) groups is 1. The minimum absolute atomic E-state index is 0.267. The fraction of sp³-hybridized carbons (Fsp3) is 0.474. The van der Waals surface area contributed by atoms with E-state index in [9.17, 15) is 9.59 Å². The third-order valence-electron chi connectivity index (χ3n) is 3.55. The van der Waals surface area contributed by atoms with Gasteiger partial charge in [-0.3, -0.25) is 4.79 Å². The zero-order chi connectivity index (χ0) is 19.5. The molecule has 0 bridgehead atoms. The van der Waals surface area contributed by atoms with Crippen molar-refractivity contribution in [3.63, 3.8) is 0 Å². The predicted molar refractivity (Wildman–Crippen MR) is 117 cm³/mol. The van der Waals surface area contributed by atoms with Crippen LogP contribution < -0.4 is 15.1 Å². The second-order valence-electron chi connectivity index (χ2n) is 5.44.